The van der Waals surface area contributed by atoms with Crippen molar-refractivity contribution >= 4 is 23.0 Å². The molecule has 170 valence electrons. The van der Waals surface area contributed by atoms with Gasteiger partial charge in [0.15, 0.2) is 0 Å². The maximum absolute atomic E-state index is 12.7. The Kier molecular flexibility index (Phi) is 6.30. The van der Waals surface area contributed by atoms with Crippen molar-refractivity contribution in [1.29, 1.82) is 5.26 Å². The van der Waals surface area contributed by atoms with Gasteiger partial charge in [-0.05, 0) is 69.9 Å². The maximum Gasteiger partial charge on any atom is 0.244 e. The highest BCUT2D eigenvalue weighted by atomic mass is 16.5. The zero-order valence-electron chi connectivity index (χ0n) is 19.6. The van der Waals surface area contributed by atoms with Crippen molar-refractivity contribution in [3.63, 3.8) is 0 Å². The zero-order valence-corrected chi connectivity index (χ0v) is 19.6. The average Bonchev–Trinajstić information content (AvgIpc) is 3.05. The van der Waals surface area contributed by atoms with Gasteiger partial charge in [0, 0.05) is 42.2 Å². The predicted octanol–water partition coefficient (Wildman–Crippen LogP) is 4.06. The Morgan fingerprint density at radius 1 is 1.42 bits per heavy atom. The Balaban J connectivity index is 1.71. The van der Waals surface area contributed by atoms with E-state index in [1.807, 2.05) is 50.5 Å². The van der Waals surface area contributed by atoms with Gasteiger partial charge in [-0.15, -0.1) is 0 Å². The van der Waals surface area contributed by atoms with Crippen LogP contribution >= 0.6 is 0 Å². The summed E-state index contributed by atoms with van der Waals surface area (Å²) in [6, 6.07) is 8.26. The number of hydrogen-bond donors (Lipinski definition) is 1. The van der Waals surface area contributed by atoms with Crippen LogP contribution in [0.3, 0.4) is 0 Å². The van der Waals surface area contributed by atoms with Crippen molar-refractivity contribution in [1.82, 2.24) is 19.9 Å². The van der Waals surface area contributed by atoms with Crippen molar-refractivity contribution < 1.29 is 9.53 Å². The number of carbonyl (C=O) groups is 1. The molecule has 33 heavy (non-hydrogen) atoms. The summed E-state index contributed by atoms with van der Waals surface area (Å²) in [7, 11) is 0. The molecular weight excluding hydrogens is 414 g/mol. The minimum absolute atomic E-state index is 0.0640. The van der Waals surface area contributed by atoms with Crippen LogP contribution in [0.2, 0.25) is 0 Å². The molecule has 3 aromatic rings. The van der Waals surface area contributed by atoms with Gasteiger partial charge in [0.25, 0.3) is 0 Å². The molecule has 1 aliphatic heterocycles. The summed E-state index contributed by atoms with van der Waals surface area (Å²) >= 11 is 0. The van der Waals surface area contributed by atoms with Crippen molar-refractivity contribution in [3.05, 3.63) is 64.7 Å². The van der Waals surface area contributed by atoms with Crippen LogP contribution < -0.4 is 5.32 Å². The molecule has 0 bridgehead atoms. The predicted molar refractivity (Wildman–Crippen MR) is 127 cm³/mol. The molecule has 3 aromatic heterocycles. The number of pyridine rings is 2. The highest BCUT2D eigenvalue weighted by molar-refractivity contribution is 5.96. The number of aryl methyl sites for hydroxylation is 2. The second kappa shape index (κ2) is 9.16. The number of aromatic nitrogens is 3. The van der Waals surface area contributed by atoms with Crippen LogP contribution in [0.25, 0.3) is 17.1 Å². The highest BCUT2D eigenvalue weighted by Crippen LogP contribution is 2.30. The molecule has 0 aliphatic carbocycles. The molecule has 0 aromatic carbocycles. The number of ether oxygens (including phenoxy) is 1. The molecular formula is C26H29N5O2. The SMILES string of the molecule is Cc1cc(C)c2c(C#N)c(C=CC(=O)NC3CCOC(C)(C)C3)n(Cc3cccnc3)c2n1. The maximum atomic E-state index is 12.7. The third kappa shape index (κ3) is 4.96. The Morgan fingerprint density at radius 3 is 2.94 bits per heavy atom. The molecule has 1 N–H and O–H groups in total. The lowest BCUT2D eigenvalue weighted by atomic mass is 9.94. The first-order valence-electron chi connectivity index (χ1n) is 11.2. The van der Waals surface area contributed by atoms with Crippen LogP contribution in [0.15, 0.2) is 36.7 Å². The van der Waals surface area contributed by atoms with Crippen molar-refractivity contribution in [2.75, 3.05) is 6.61 Å². The van der Waals surface area contributed by atoms with E-state index >= 15 is 0 Å². The summed E-state index contributed by atoms with van der Waals surface area (Å²) in [5, 5.41) is 13.9. The fourth-order valence-corrected chi connectivity index (χ4v) is 4.58. The van der Waals surface area contributed by atoms with Gasteiger partial charge in [-0.1, -0.05) is 6.07 Å². The summed E-state index contributed by atoms with van der Waals surface area (Å²) in [5.74, 6) is -0.180. The van der Waals surface area contributed by atoms with Gasteiger partial charge in [-0.3, -0.25) is 9.78 Å². The molecule has 1 fully saturated rings. The van der Waals surface area contributed by atoms with Crippen LogP contribution in [0, 0.1) is 25.2 Å². The number of amides is 1. The molecule has 1 saturated heterocycles. The fourth-order valence-electron chi connectivity index (χ4n) is 4.58. The minimum atomic E-state index is -0.245. The summed E-state index contributed by atoms with van der Waals surface area (Å²) in [6.45, 7) is 9.13. The molecule has 0 spiro atoms. The minimum Gasteiger partial charge on any atom is -0.375 e. The zero-order chi connectivity index (χ0) is 23.6. The van der Waals surface area contributed by atoms with Gasteiger partial charge in [0.05, 0.1) is 23.4 Å². The average molecular weight is 444 g/mol. The van der Waals surface area contributed by atoms with Gasteiger partial charge in [0.2, 0.25) is 5.91 Å². The lowest BCUT2D eigenvalue weighted by molar-refractivity contribution is -0.119. The van der Waals surface area contributed by atoms with Gasteiger partial charge < -0.3 is 14.6 Å². The number of hydrogen-bond acceptors (Lipinski definition) is 5. The normalized spacial score (nSPS) is 17.8. The summed E-state index contributed by atoms with van der Waals surface area (Å²) in [4.78, 5) is 21.7. The molecule has 4 rings (SSSR count). The largest absolute Gasteiger partial charge is 0.375 e. The smallest absolute Gasteiger partial charge is 0.244 e. The van der Waals surface area contributed by atoms with E-state index in [4.69, 9.17) is 9.72 Å². The number of carbonyl (C=O) groups excluding carboxylic acids is 1. The highest BCUT2D eigenvalue weighted by Gasteiger charge is 2.29. The van der Waals surface area contributed by atoms with Crippen LogP contribution in [-0.2, 0) is 16.1 Å². The summed E-state index contributed by atoms with van der Waals surface area (Å²) < 4.78 is 7.74. The second-order valence-electron chi connectivity index (χ2n) is 9.24. The Labute approximate surface area is 194 Å². The second-order valence-corrected chi connectivity index (χ2v) is 9.24. The van der Waals surface area contributed by atoms with Crippen LogP contribution in [0.1, 0.15) is 54.8 Å². The fraction of sp³-hybridized carbons (Fsp3) is 0.385. The number of fused-ring (bicyclic) bond motifs is 1. The van der Waals surface area contributed by atoms with Crippen LogP contribution in [0.5, 0.6) is 0 Å². The Hall–Kier alpha value is -3.50. The lowest BCUT2D eigenvalue weighted by Crippen LogP contribution is -2.45. The number of nitrogens with one attached hydrogen (secondary N) is 1. The number of nitriles is 1. The molecule has 4 heterocycles. The van der Waals surface area contributed by atoms with E-state index in [0.717, 1.165) is 40.7 Å². The Bertz CT molecular complexity index is 1250. The lowest BCUT2D eigenvalue weighted by Gasteiger charge is -2.35. The van der Waals surface area contributed by atoms with Crippen molar-refractivity contribution in [3.8, 4) is 6.07 Å². The van der Waals surface area contributed by atoms with E-state index in [2.05, 4.69) is 16.4 Å². The van der Waals surface area contributed by atoms with Crippen LogP contribution in [0.4, 0.5) is 0 Å². The number of nitrogens with zero attached hydrogens (tertiary/aromatic N) is 4. The quantitative estimate of drug-likeness (QED) is 0.601. The molecule has 1 atom stereocenters. The molecule has 1 amide bonds. The molecule has 1 unspecified atom stereocenters. The monoisotopic (exact) mass is 443 g/mol. The van der Waals surface area contributed by atoms with E-state index in [1.54, 1.807) is 18.5 Å². The van der Waals surface area contributed by atoms with E-state index < -0.39 is 0 Å². The molecule has 1 aliphatic rings. The summed E-state index contributed by atoms with van der Waals surface area (Å²) in [6.07, 6.45) is 8.32. The van der Waals surface area contributed by atoms with E-state index in [-0.39, 0.29) is 17.6 Å². The first kappa shape index (κ1) is 22.7. The summed E-state index contributed by atoms with van der Waals surface area (Å²) in [5.41, 5.74) is 4.54. The van der Waals surface area contributed by atoms with E-state index in [0.29, 0.717) is 24.4 Å². The standard InChI is InChI=1S/C26H29N5O2/c1-17-12-18(2)29-25-24(17)21(14-27)22(31(25)16-19-6-5-10-28-15-19)7-8-23(32)30-20-9-11-33-26(3,4)13-20/h5-8,10,12,15,20H,9,11,13,16H2,1-4H3,(H,30,32). The molecule has 0 saturated carbocycles. The van der Waals surface area contributed by atoms with Crippen molar-refractivity contribution in [2.24, 2.45) is 0 Å². The molecule has 7 nitrogen and oxygen atoms in total. The van der Waals surface area contributed by atoms with E-state index in [9.17, 15) is 10.1 Å². The van der Waals surface area contributed by atoms with Gasteiger partial charge in [-0.2, -0.15) is 5.26 Å². The molecule has 7 heteroatoms. The van der Waals surface area contributed by atoms with Gasteiger partial charge in [0.1, 0.15) is 11.7 Å². The number of rotatable bonds is 5. The van der Waals surface area contributed by atoms with Crippen molar-refractivity contribution in [2.45, 2.75) is 58.7 Å². The topological polar surface area (TPSA) is 92.8 Å². The van der Waals surface area contributed by atoms with Crippen LogP contribution in [-0.4, -0.2) is 38.7 Å². The molecule has 0 radical (unpaired) electrons. The van der Waals surface area contributed by atoms with Gasteiger partial charge in [-0.25, -0.2) is 4.98 Å². The third-order valence-electron chi connectivity index (χ3n) is 5.99. The van der Waals surface area contributed by atoms with E-state index in [1.165, 1.54) is 6.08 Å². The first-order valence-corrected chi connectivity index (χ1v) is 11.2. The Morgan fingerprint density at radius 2 is 2.24 bits per heavy atom. The first-order chi connectivity index (χ1) is 15.8. The third-order valence-corrected chi connectivity index (χ3v) is 5.99. The van der Waals surface area contributed by atoms with Gasteiger partial charge >= 0.3 is 0 Å².